The summed E-state index contributed by atoms with van der Waals surface area (Å²) in [6.45, 7) is 5.29. The zero-order valence-corrected chi connectivity index (χ0v) is 21.4. The highest BCUT2D eigenvalue weighted by Gasteiger charge is 2.57. The zero-order chi connectivity index (χ0) is 26.7. The molecule has 3 amide bonds. The Morgan fingerprint density at radius 3 is 2.39 bits per heavy atom. The molecule has 196 valence electrons. The highest BCUT2D eigenvalue weighted by molar-refractivity contribution is 6.16. The van der Waals surface area contributed by atoms with E-state index in [2.05, 4.69) is 4.74 Å². The zero-order valence-electron chi connectivity index (χ0n) is 21.4. The van der Waals surface area contributed by atoms with Crippen LogP contribution in [0.3, 0.4) is 0 Å². The maximum absolute atomic E-state index is 13.0. The molecule has 36 heavy (non-hydrogen) atoms. The van der Waals surface area contributed by atoms with Gasteiger partial charge in [0.25, 0.3) is 0 Å². The third kappa shape index (κ3) is 5.23. The van der Waals surface area contributed by atoms with Crippen molar-refractivity contribution < 1.29 is 39.2 Å². The van der Waals surface area contributed by atoms with Gasteiger partial charge in [-0.3, -0.25) is 9.59 Å². The van der Waals surface area contributed by atoms with Crippen molar-refractivity contribution in [2.75, 3.05) is 27.4 Å². The Kier molecular flexibility index (Phi) is 8.71. The van der Waals surface area contributed by atoms with Gasteiger partial charge in [0.2, 0.25) is 11.8 Å². The number of phenolic OH excluding ortho intramolecular Hbond substituents is 1. The molecule has 3 rings (SSSR count). The molecule has 0 spiro atoms. The predicted molar refractivity (Wildman–Crippen MR) is 132 cm³/mol. The smallest absolute Gasteiger partial charge is 0.423 e. The van der Waals surface area contributed by atoms with Gasteiger partial charge in [0.05, 0.1) is 38.3 Å². The summed E-state index contributed by atoms with van der Waals surface area (Å²) in [6.07, 6.45) is 0.988. The Morgan fingerprint density at radius 2 is 1.83 bits per heavy atom. The number of allylic oxidation sites excluding steroid dienone is 1. The SMILES string of the molecule is COCC1=C([C@H](O)CC/C(C)=C/c2cc(C)c(O)c(C)c2)[C@H](CO)[C@@H]2C(=O)N(C(=O)OC)C(=O)[C@@H]2C1. The molecule has 4 atom stereocenters. The number of methoxy groups -OCH3 is 2. The first kappa shape index (κ1) is 27.6. The van der Waals surface area contributed by atoms with Crippen LogP contribution < -0.4 is 0 Å². The molecule has 1 aliphatic carbocycles. The maximum Gasteiger partial charge on any atom is 0.423 e. The van der Waals surface area contributed by atoms with Crippen LogP contribution in [0.5, 0.6) is 5.75 Å². The number of phenols is 1. The first-order chi connectivity index (χ1) is 17.0. The number of aliphatic hydroxyl groups is 2. The largest absolute Gasteiger partial charge is 0.507 e. The molecule has 0 saturated carbocycles. The number of aliphatic hydroxyl groups excluding tert-OH is 2. The number of fused-ring (bicyclic) bond motifs is 1. The van der Waals surface area contributed by atoms with Crippen LogP contribution in [0, 0.1) is 31.6 Å². The topological polar surface area (TPSA) is 134 Å². The lowest BCUT2D eigenvalue weighted by molar-refractivity contribution is -0.137. The Hall–Kier alpha value is -3.01. The number of carbonyl (C=O) groups is 3. The molecular formula is C27H35NO8. The lowest BCUT2D eigenvalue weighted by atomic mass is 9.68. The number of aromatic hydroxyl groups is 1. The summed E-state index contributed by atoms with van der Waals surface area (Å²) in [7, 11) is 2.59. The number of benzene rings is 1. The first-order valence-corrected chi connectivity index (χ1v) is 12.0. The van der Waals surface area contributed by atoms with E-state index in [1.54, 1.807) is 0 Å². The fraction of sp³-hybridized carbons (Fsp3) is 0.519. The van der Waals surface area contributed by atoms with E-state index in [9.17, 15) is 29.7 Å². The monoisotopic (exact) mass is 501 g/mol. The number of imide groups is 3. The summed E-state index contributed by atoms with van der Waals surface area (Å²) in [4.78, 5) is 38.5. The van der Waals surface area contributed by atoms with Gasteiger partial charge in [-0.1, -0.05) is 11.6 Å². The third-order valence-electron chi connectivity index (χ3n) is 7.15. The van der Waals surface area contributed by atoms with Crippen molar-refractivity contribution in [1.82, 2.24) is 4.90 Å². The first-order valence-electron chi connectivity index (χ1n) is 12.0. The molecule has 1 aliphatic heterocycles. The number of aryl methyl sites for hydroxylation is 2. The fourth-order valence-electron chi connectivity index (χ4n) is 5.49. The van der Waals surface area contributed by atoms with Crippen LogP contribution in [0.15, 0.2) is 28.9 Å². The van der Waals surface area contributed by atoms with Crippen molar-refractivity contribution >= 4 is 24.0 Å². The molecule has 1 aromatic rings. The number of nitrogens with zero attached hydrogens (tertiary/aromatic N) is 1. The van der Waals surface area contributed by atoms with Crippen molar-refractivity contribution in [2.45, 2.75) is 46.1 Å². The second-order valence-corrected chi connectivity index (χ2v) is 9.65. The minimum atomic E-state index is -1.05. The number of carbonyl (C=O) groups excluding carboxylic acids is 3. The quantitative estimate of drug-likeness (QED) is 0.366. The van der Waals surface area contributed by atoms with Crippen LogP contribution in [0.1, 0.15) is 42.9 Å². The average Bonchev–Trinajstić information content (AvgIpc) is 3.09. The summed E-state index contributed by atoms with van der Waals surface area (Å²) in [5, 5.41) is 31.5. The van der Waals surface area contributed by atoms with Gasteiger partial charge in [-0.05, 0) is 80.0 Å². The second kappa shape index (κ2) is 11.4. The minimum Gasteiger partial charge on any atom is -0.507 e. The van der Waals surface area contributed by atoms with Crippen molar-refractivity contribution in [2.24, 2.45) is 17.8 Å². The summed E-state index contributed by atoms with van der Waals surface area (Å²) in [6, 6.07) is 3.78. The molecule has 0 unspecified atom stereocenters. The molecular weight excluding hydrogens is 466 g/mol. The molecule has 9 nitrogen and oxygen atoms in total. The average molecular weight is 502 g/mol. The minimum absolute atomic E-state index is 0.132. The van der Waals surface area contributed by atoms with E-state index in [0.29, 0.717) is 28.9 Å². The number of hydrogen-bond acceptors (Lipinski definition) is 8. The van der Waals surface area contributed by atoms with Crippen molar-refractivity contribution in [1.29, 1.82) is 0 Å². The highest BCUT2D eigenvalue weighted by Crippen LogP contribution is 2.46. The van der Waals surface area contributed by atoms with E-state index in [1.165, 1.54) is 7.11 Å². The summed E-state index contributed by atoms with van der Waals surface area (Å²) in [5.41, 5.74) is 4.67. The Bertz CT molecular complexity index is 1080. The van der Waals surface area contributed by atoms with Crippen molar-refractivity contribution in [3.05, 3.63) is 45.5 Å². The van der Waals surface area contributed by atoms with E-state index in [0.717, 1.165) is 29.4 Å². The van der Waals surface area contributed by atoms with Crippen LogP contribution >= 0.6 is 0 Å². The number of likely N-dealkylation sites (tertiary alicyclic amines) is 1. The van der Waals surface area contributed by atoms with E-state index in [4.69, 9.17) is 4.74 Å². The Labute approximate surface area is 211 Å². The van der Waals surface area contributed by atoms with E-state index < -0.39 is 48.4 Å². The van der Waals surface area contributed by atoms with Crippen LogP contribution in [0.2, 0.25) is 0 Å². The van der Waals surface area contributed by atoms with Crippen molar-refractivity contribution in [3.8, 4) is 5.75 Å². The second-order valence-electron chi connectivity index (χ2n) is 9.65. The molecule has 2 aliphatic rings. The molecule has 0 bridgehead atoms. The van der Waals surface area contributed by atoms with Gasteiger partial charge in [0, 0.05) is 13.0 Å². The van der Waals surface area contributed by atoms with Crippen LogP contribution in [0.4, 0.5) is 4.79 Å². The Morgan fingerprint density at radius 1 is 1.19 bits per heavy atom. The van der Waals surface area contributed by atoms with Crippen LogP contribution in [0.25, 0.3) is 6.08 Å². The molecule has 1 saturated heterocycles. The van der Waals surface area contributed by atoms with E-state index >= 15 is 0 Å². The molecule has 1 heterocycles. The molecule has 9 heteroatoms. The highest BCUT2D eigenvalue weighted by atomic mass is 16.5. The normalized spacial score (nSPS) is 23.2. The summed E-state index contributed by atoms with van der Waals surface area (Å²) in [5.74, 6) is -3.69. The molecule has 1 aromatic carbocycles. The summed E-state index contributed by atoms with van der Waals surface area (Å²) < 4.78 is 9.92. The van der Waals surface area contributed by atoms with Gasteiger partial charge in [0.15, 0.2) is 0 Å². The van der Waals surface area contributed by atoms with Crippen LogP contribution in [-0.4, -0.2) is 71.7 Å². The van der Waals surface area contributed by atoms with Gasteiger partial charge in [-0.2, -0.15) is 4.90 Å². The fourth-order valence-corrected chi connectivity index (χ4v) is 5.49. The van der Waals surface area contributed by atoms with Gasteiger partial charge < -0.3 is 24.8 Å². The lowest BCUT2D eigenvalue weighted by Gasteiger charge is -2.36. The maximum atomic E-state index is 13.0. The van der Waals surface area contributed by atoms with Crippen molar-refractivity contribution in [3.63, 3.8) is 0 Å². The standard InChI is InChI=1S/C27H35NO8/c1-14(8-17-9-15(2)24(31)16(3)10-17)6-7-21(30)22-18(13-35-4)11-19-23(20(22)12-29)26(33)28(25(19)32)27(34)36-5/h8-10,19-21,23,29-31H,6-7,11-13H2,1-5H3/b14-8+/t19-,20+,21-,23-/m1/s1. The number of ether oxygens (including phenoxy) is 2. The molecule has 3 N–H and O–H groups in total. The molecule has 1 fully saturated rings. The van der Waals surface area contributed by atoms with Gasteiger partial charge in [0.1, 0.15) is 5.75 Å². The third-order valence-corrected chi connectivity index (χ3v) is 7.15. The number of amides is 3. The lowest BCUT2D eigenvalue weighted by Crippen LogP contribution is -2.40. The van der Waals surface area contributed by atoms with Gasteiger partial charge >= 0.3 is 6.09 Å². The summed E-state index contributed by atoms with van der Waals surface area (Å²) >= 11 is 0. The number of hydrogen-bond donors (Lipinski definition) is 3. The van der Waals surface area contributed by atoms with E-state index in [1.807, 2.05) is 39.0 Å². The molecule has 0 radical (unpaired) electrons. The number of rotatable bonds is 8. The van der Waals surface area contributed by atoms with Crippen LogP contribution in [-0.2, 0) is 19.1 Å². The van der Waals surface area contributed by atoms with Gasteiger partial charge in [-0.25, -0.2) is 4.79 Å². The van der Waals surface area contributed by atoms with E-state index in [-0.39, 0.29) is 18.8 Å². The molecule has 0 aromatic heterocycles. The Balaban J connectivity index is 1.85. The predicted octanol–water partition coefficient (Wildman–Crippen LogP) is 2.88. The van der Waals surface area contributed by atoms with Gasteiger partial charge in [-0.15, -0.1) is 0 Å².